The molecule has 0 saturated carbocycles. The summed E-state index contributed by atoms with van der Waals surface area (Å²) < 4.78 is 4.79. The number of nitrogens with one attached hydrogen (secondary N) is 1. The number of rotatable bonds is 15. The fourth-order valence-electron chi connectivity index (χ4n) is 4.88. The van der Waals surface area contributed by atoms with Gasteiger partial charge in [0.05, 0.1) is 0 Å². The van der Waals surface area contributed by atoms with Crippen LogP contribution in [0.1, 0.15) is 116 Å². The number of allylic oxidation sites excluding steroid dienone is 1. The van der Waals surface area contributed by atoms with Crippen LogP contribution in [0.4, 0.5) is 5.69 Å². The zero-order valence-electron chi connectivity index (χ0n) is 37.1. The Kier molecular flexibility index (Phi) is 29.1. The maximum atomic E-state index is 10.7. The monoisotopic (exact) mass is 792 g/mol. The van der Waals surface area contributed by atoms with Gasteiger partial charge >= 0.3 is 5.97 Å². The average Bonchev–Trinajstić information content (AvgIpc) is 3.21. The molecule has 1 unspecified atom stereocenters. The molecule has 7 nitrogen and oxygen atoms in total. The second-order valence-electron chi connectivity index (χ2n) is 14.8. The van der Waals surface area contributed by atoms with Crippen molar-refractivity contribution in [1.29, 1.82) is 0 Å². The Balaban J connectivity index is 0.000000812. The summed E-state index contributed by atoms with van der Waals surface area (Å²) in [6, 6.07) is 37.4. The van der Waals surface area contributed by atoms with Crippen LogP contribution in [0, 0.1) is 18.8 Å². The van der Waals surface area contributed by atoms with Gasteiger partial charge in [-0.25, -0.2) is 0 Å². The van der Waals surface area contributed by atoms with E-state index in [1.165, 1.54) is 43.0 Å². The van der Waals surface area contributed by atoms with Gasteiger partial charge in [0.1, 0.15) is 18.2 Å². The number of aryl methyl sites for hydroxylation is 2. The highest BCUT2D eigenvalue weighted by Gasteiger charge is 2.12. The summed E-state index contributed by atoms with van der Waals surface area (Å²) in [4.78, 5) is 30.6. The molecule has 4 atom stereocenters. The second kappa shape index (κ2) is 31.9. The number of carbonyl (C=O) groups is 3. The van der Waals surface area contributed by atoms with Crippen molar-refractivity contribution in [3.63, 3.8) is 0 Å². The Hall–Kier alpha value is -5.11. The quantitative estimate of drug-likeness (QED) is 0.0808. The zero-order valence-corrected chi connectivity index (χ0v) is 37.1. The Bertz CT molecular complexity index is 1720. The van der Waals surface area contributed by atoms with Crippen molar-refractivity contribution in [1.82, 2.24) is 0 Å². The lowest BCUT2D eigenvalue weighted by atomic mass is 9.98. The van der Waals surface area contributed by atoms with Crippen LogP contribution in [0.3, 0.4) is 0 Å². The largest absolute Gasteiger partial charge is 0.461 e. The fraction of sp³-hybridized carbons (Fsp3) is 0.392. The van der Waals surface area contributed by atoms with Crippen LogP contribution in [-0.4, -0.2) is 29.6 Å². The number of hydrogen-bond acceptors (Lipinski definition) is 7. The van der Waals surface area contributed by atoms with E-state index in [9.17, 15) is 14.4 Å². The third-order valence-corrected chi connectivity index (χ3v) is 8.95. The fourth-order valence-corrected chi connectivity index (χ4v) is 4.88. The van der Waals surface area contributed by atoms with E-state index in [-0.39, 0.29) is 35.5 Å². The molecule has 316 valence electrons. The molecule has 0 aliphatic rings. The molecule has 4 rings (SSSR count). The van der Waals surface area contributed by atoms with Gasteiger partial charge < -0.3 is 26.3 Å². The maximum absolute atomic E-state index is 10.7. The van der Waals surface area contributed by atoms with Crippen molar-refractivity contribution in [3.8, 4) is 0 Å². The van der Waals surface area contributed by atoms with Gasteiger partial charge in [-0.3, -0.25) is 9.59 Å². The lowest BCUT2D eigenvalue weighted by Gasteiger charge is -2.20. The first-order chi connectivity index (χ1) is 27.5. The van der Waals surface area contributed by atoms with Gasteiger partial charge in [-0.2, -0.15) is 0 Å². The van der Waals surface area contributed by atoms with Gasteiger partial charge in [0.25, 0.3) is 0 Å². The van der Waals surface area contributed by atoms with Gasteiger partial charge in [-0.1, -0.05) is 156 Å². The van der Waals surface area contributed by atoms with Crippen LogP contribution in [0.2, 0.25) is 0 Å². The summed E-state index contributed by atoms with van der Waals surface area (Å²) in [5.41, 5.74) is 19.9. The Morgan fingerprint density at radius 2 is 1.07 bits per heavy atom. The standard InChI is InChI=1S/C23H30N2.C9H10O2.C8H17NO.C8H10.C3H6O/c1-5-22(24)16-18(3)19(4)25-23-14-12-21(13-15-23)11-10-20-8-6-17(2)7-9-20;1-8(10)11-7-9-5-3-2-4-6-9;1-4-8(9)5-6(2)7(3)10;1-2-8-6-4-3-5-7-8;1-3(2)4/h6-15,18,22,25H,4-5,16,24H2,1-3H3;2-6H,7H2,1H3;6,8H,4-5,9H2,1-3H3;3-7H,2H2,1H3;1-2H3/b11-10+;;;;/t18-,22+;;6-,8?;;/m0.0../s1. The molecule has 58 heavy (non-hydrogen) atoms. The van der Waals surface area contributed by atoms with Crippen molar-refractivity contribution in [3.05, 3.63) is 149 Å². The molecule has 4 aromatic rings. The van der Waals surface area contributed by atoms with E-state index in [0.29, 0.717) is 12.5 Å². The SMILES string of the molecule is C=C(Nc1ccc(/C=C/c2ccc(C)cc2)cc1)[C@@H](C)C[C@H](N)CC.CC(=O)OCc1ccccc1.CC(C)=O.CCC(N)C[C@H](C)C(C)=O.CCc1ccccc1. The molecule has 0 aromatic heterocycles. The molecule has 0 aliphatic carbocycles. The molecule has 4 aromatic carbocycles. The smallest absolute Gasteiger partial charge is 0.302 e. The highest BCUT2D eigenvalue weighted by atomic mass is 16.5. The van der Waals surface area contributed by atoms with Crippen molar-refractivity contribution in [2.24, 2.45) is 23.3 Å². The second-order valence-corrected chi connectivity index (χ2v) is 14.8. The predicted octanol–water partition coefficient (Wildman–Crippen LogP) is 11.8. The summed E-state index contributed by atoms with van der Waals surface area (Å²) in [6.07, 6.45) is 9.14. The predicted molar refractivity (Wildman–Crippen MR) is 248 cm³/mol. The number of benzene rings is 4. The summed E-state index contributed by atoms with van der Waals surface area (Å²) in [5, 5.41) is 3.40. The molecule has 0 saturated heterocycles. The number of ether oxygens (including phenoxy) is 1. The van der Waals surface area contributed by atoms with E-state index >= 15 is 0 Å². The van der Waals surface area contributed by atoms with Gasteiger partial charge in [-0.15, -0.1) is 0 Å². The van der Waals surface area contributed by atoms with E-state index in [1.54, 1.807) is 6.92 Å². The van der Waals surface area contributed by atoms with E-state index in [2.05, 4.69) is 125 Å². The van der Waals surface area contributed by atoms with Crippen molar-refractivity contribution in [2.75, 3.05) is 5.32 Å². The van der Waals surface area contributed by atoms with Crippen LogP contribution in [0.25, 0.3) is 12.2 Å². The molecule has 0 aliphatic heterocycles. The van der Waals surface area contributed by atoms with Gasteiger partial charge in [0, 0.05) is 36.3 Å². The minimum Gasteiger partial charge on any atom is -0.461 e. The molecule has 0 fully saturated rings. The Morgan fingerprint density at radius 1 is 0.655 bits per heavy atom. The van der Waals surface area contributed by atoms with E-state index in [1.807, 2.05) is 50.2 Å². The minimum atomic E-state index is -0.242. The first-order valence-corrected chi connectivity index (χ1v) is 20.5. The van der Waals surface area contributed by atoms with Gasteiger partial charge in [0.15, 0.2) is 0 Å². The topological polar surface area (TPSA) is 125 Å². The zero-order chi connectivity index (χ0) is 43.9. The molecule has 0 heterocycles. The number of esters is 1. The van der Waals surface area contributed by atoms with E-state index < -0.39 is 0 Å². The maximum Gasteiger partial charge on any atom is 0.302 e. The first-order valence-electron chi connectivity index (χ1n) is 20.5. The average molecular weight is 792 g/mol. The van der Waals surface area contributed by atoms with Crippen molar-refractivity contribution in [2.45, 2.75) is 120 Å². The summed E-state index contributed by atoms with van der Waals surface area (Å²) in [6.45, 7) is 23.1. The number of Topliss-reactive ketones (excluding diaryl/α,β-unsaturated/α-hetero) is 2. The van der Waals surface area contributed by atoms with Gasteiger partial charge in [-0.05, 0) is 100 Å². The highest BCUT2D eigenvalue weighted by Crippen LogP contribution is 2.20. The van der Waals surface area contributed by atoms with Crippen LogP contribution < -0.4 is 16.8 Å². The molecule has 0 bridgehead atoms. The highest BCUT2D eigenvalue weighted by molar-refractivity contribution is 5.77. The summed E-state index contributed by atoms with van der Waals surface area (Å²) in [7, 11) is 0. The summed E-state index contributed by atoms with van der Waals surface area (Å²) in [5.74, 6) is 0.656. The number of hydrogen-bond donors (Lipinski definition) is 3. The summed E-state index contributed by atoms with van der Waals surface area (Å²) >= 11 is 0. The number of anilines is 1. The van der Waals surface area contributed by atoms with Crippen molar-refractivity contribution < 1.29 is 19.1 Å². The first kappa shape index (κ1) is 52.9. The Labute approximate surface area is 351 Å². The van der Waals surface area contributed by atoms with Crippen molar-refractivity contribution >= 4 is 35.4 Å². The number of nitrogens with two attached hydrogens (primary N) is 2. The molecular formula is C51H73N3O4. The number of ketones is 2. The van der Waals surface area contributed by atoms with Crippen LogP contribution in [0.5, 0.6) is 0 Å². The lowest BCUT2D eigenvalue weighted by Crippen LogP contribution is -2.24. The molecule has 0 radical (unpaired) electrons. The third kappa shape index (κ3) is 28.3. The molecule has 5 N–H and O–H groups in total. The van der Waals surface area contributed by atoms with Crippen LogP contribution >= 0.6 is 0 Å². The number of carbonyl (C=O) groups excluding carboxylic acids is 3. The third-order valence-electron chi connectivity index (χ3n) is 8.95. The molecule has 7 heteroatoms. The normalized spacial score (nSPS) is 12.1. The van der Waals surface area contributed by atoms with Crippen LogP contribution in [-0.2, 0) is 32.1 Å². The lowest BCUT2D eigenvalue weighted by molar-refractivity contribution is -0.142. The van der Waals surface area contributed by atoms with Crippen LogP contribution in [0.15, 0.2) is 121 Å². The van der Waals surface area contributed by atoms with E-state index in [0.717, 1.165) is 49.1 Å². The molecule has 0 amide bonds. The van der Waals surface area contributed by atoms with E-state index in [4.69, 9.17) is 16.2 Å². The Morgan fingerprint density at radius 3 is 1.45 bits per heavy atom. The molecular weight excluding hydrogens is 719 g/mol. The molecule has 0 spiro atoms. The minimum absolute atomic E-state index is 0.134. The van der Waals surface area contributed by atoms with Gasteiger partial charge in [0.2, 0.25) is 0 Å².